The van der Waals surface area contributed by atoms with Crippen LogP contribution in [0, 0.1) is 0 Å². The maximum absolute atomic E-state index is 2.69. The van der Waals surface area contributed by atoms with Gasteiger partial charge in [0.2, 0.25) is 0 Å². The summed E-state index contributed by atoms with van der Waals surface area (Å²) in [4.78, 5) is 7.75. The molecular weight excluding hydrogens is 884 g/mol. The highest BCUT2D eigenvalue weighted by molar-refractivity contribution is 7.00. The van der Waals surface area contributed by atoms with Crippen LogP contribution in [0.5, 0.6) is 0 Å². The molecule has 0 saturated heterocycles. The summed E-state index contributed by atoms with van der Waals surface area (Å²) in [5, 5.41) is 2.43. The SMILES string of the molecule is CC(C)(C)c1ccc(N(c2ccc3c(c2)N(c2ccccc2)c2cc(C(C)(C)C)cc4c2B3c2c(c3c(n2-c2ccccc2)CCCC3)N4c2ccccc2)c2ccc(-c3ccccc3)c3ccccc23)cc1. The third-order valence-electron chi connectivity index (χ3n) is 15.8. The highest BCUT2D eigenvalue weighted by Crippen LogP contribution is 2.51. The van der Waals surface area contributed by atoms with Gasteiger partial charge in [-0.2, -0.15) is 0 Å². The number of aromatic nitrogens is 1. The molecule has 2 aliphatic heterocycles. The third kappa shape index (κ3) is 7.42. The molecule has 356 valence electrons. The van der Waals surface area contributed by atoms with Crippen LogP contribution in [0.4, 0.5) is 51.2 Å². The Morgan fingerprint density at radius 2 is 1.00 bits per heavy atom. The standard InChI is InChI=1S/C68H61BN4/c1-67(2,3)47-35-37-52(38-36-47)70(60-42-40-54(46-23-11-7-12-24-46)55-31-19-20-32-56(55)60)53-39-41-58-61(45-53)71(49-25-13-8-14-26-49)62-43-48(68(4,5)6)44-63-64(62)69(58)66-65(72(63)50-27-15-9-16-28-50)57-33-21-22-34-59(57)73(66)51-29-17-10-18-30-51/h7-20,23-32,35-45H,21-22,33-34H2,1-6H3. The zero-order valence-corrected chi connectivity index (χ0v) is 42.9. The van der Waals surface area contributed by atoms with Gasteiger partial charge in [0.1, 0.15) is 0 Å². The first kappa shape index (κ1) is 44.9. The van der Waals surface area contributed by atoms with Crippen molar-refractivity contribution < 1.29 is 0 Å². The minimum Gasteiger partial charge on any atom is -0.323 e. The molecule has 1 aliphatic carbocycles. The van der Waals surface area contributed by atoms with E-state index in [-0.39, 0.29) is 17.5 Å². The molecule has 4 nitrogen and oxygen atoms in total. The van der Waals surface area contributed by atoms with Gasteiger partial charge in [-0.15, -0.1) is 0 Å². The van der Waals surface area contributed by atoms with Crippen LogP contribution in [0.2, 0.25) is 0 Å². The van der Waals surface area contributed by atoms with E-state index in [4.69, 9.17) is 0 Å². The fraction of sp³-hybridized carbons (Fsp3) is 0.176. The van der Waals surface area contributed by atoms with Crippen molar-refractivity contribution in [3.63, 3.8) is 0 Å². The number of anilines is 9. The Hall–Kier alpha value is -8.02. The second kappa shape index (κ2) is 17.3. The van der Waals surface area contributed by atoms with Gasteiger partial charge in [-0.1, -0.05) is 175 Å². The summed E-state index contributed by atoms with van der Waals surface area (Å²) in [5.74, 6) is 0. The van der Waals surface area contributed by atoms with E-state index in [2.05, 4.69) is 273 Å². The van der Waals surface area contributed by atoms with E-state index >= 15 is 0 Å². The monoisotopic (exact) mass is 944 g/mol. The first-order chi connectivity index (χ1) is 35.5. The van der Waals surface area contributed by atoms with Crippen LogP contribution in [0.3, 0.4) is 0 Å². The number of nitrogens with zero attached hydrogens (tertiary/aromatic N) is 4. The van der Waals surface area contributed by atoms with Crippen LogP contribution in [0.15, 0.2) is 212 Å². The summed E-state index contributed by atoms with van der Waals surface area (Å²) in [6, 6.07) is 79.7. The van der Waals surface area contributed by atoms with Crippen molar-refractivity contribution in [3.8, 4) is 16.8 Å². The molecule has 0 amide bonds. The molecule has 0 N–H and O–H groups in total. The van der Waals surface area contributed by atoms with Crippen LogP contribution >= 0.6 is 0 Å². The van der Waals surface area contributed by atoms with Gasteiger partial charge in [0.15, 0.2) is 0 Å². The quantitative estimate of drug-likeness (QED) is 0.148. The molecule has 73 heavy (non-hydrogen) atoms. The van der Waals surface area contributed by atoms with E-state index in [1.165, 1.54) is 108 Å². The molecule has 1 aromatic heterocycles. The van der Waals surface area contributed by atoms with Gasteiger partial charge in [-0.3, -0.25) is 0 Å². The largest absolute Gasteiger partial charge is 0.323 e. The average molecular weight is 945 g/mol. The van der Waals surface area contributed by atoms with E-state index < -0.39 is 0 Å². The Kier molecular flexibility index (Phi) is 10.7. The van der Waals surface area contributed by atoms with E-state index in [0.29, 0.717) is 0 Å². The van der Waals surface area contributed by atoms with Crippen molar-refractivity contribution in [3.05, 3.63) is 235 Å². The van der Waals surface area contributed by atoms with Crippen molar-refractivity contribution in [1.29, 1.82) is 0 Å². The number of benzene rings is 9. The fourth-order valence-corrected chi connectivity index (χ4v) is 12.3. The van der Waals surface area contributed by atoms with Crippen molar-refractivity contribution in [1.82, 2.24) is 4.57 Å². The third-order valence-corrected chi connectivity index (χ3v) is 15.8. The molecule has 0 unspecified atom stereocenters. The number of rotatable bonds is 7. The summed E-state index contributed by atoms with van der Waals surface area (Å²) >= 11 is 0. The lowest BCUT2D eigenvalue weighted by atomic mass is 9.34. The smallest absolute Gasteiger partial charge is 0.273 e. The van der Waals surface area contributed by atoms with Gasteiger partial charge < -0.3 is 19.3 Å². The van der Waals surface area contributed by atoms with Crippen LogP contribution in [0.1, 0.15) is 76.8 Å². The molecule has 0 bridgehead atoms. The summed E-state index contributed by atoms with van der Waals surface area (Å²) < 4.78 is 2.69. The lowest BCUT2D eigenvalue weighted by molar-refractivity contribution is 0.590. The lowest BCUT2D eigenvalue weighted by Crippen LogP contribution is -2.63. The summed E-state index contributed by atoms with van der Waals surface area (Å²) in [6.07, 6.45) is 4.46. The maximum Gasteiger partial charge on any atom is 0.273 e. The Balaban J connectivity index is 1.13. The van der Waals surface area contributed by atoms with E-state index in [1.807, 2.05) is 0 Å². The molecule has 0 spiro atoms. The van der Waals surface area contributed by atoms with E-state index in [1.54, 1.807) is 0 Å². The van der Waals surface area contributed by atoms with Crippen molar-refractivity contribution in [2.45, 2.75) is 78.1 Å². The number of para-hydroxylation sites is 3. The first-order valence-corrected chi connectivity index (χ1v) is 26.4. The minimum absolute atomic E-state index is 0.0130. The summed E-state index contributed by atoms with van der Waals surface area (Å²) in [5.41, 5.74) is 23.9. The Labute approximate surface area is 431 Å². The molecule has 9 aromatic carbocycles. The van der Waals surface area contributed by atoms with E-state index in [9.17, 15) is 0 Å². The predicted octanol–water partition coefficient (Wildman–Crippen LogP) is 16.3. The number of fused-ring (bicyclic) bond motifs is 7. The molecular formula is C68H61BN4. The molecule has 0 fully saturated rings. The fourth-order valence-electron chi connectivity index (χ4n) is 12.3. The molecule has 0 radical (unpaired) electrons. The molecule has 13 rings (SSSR count). The van der Waals surface area contributed by atoms with Gasteiger partial charge in [0, 0.05) is 62.2 Å². The average Bonchev–Trinajstić information content (AvgIpc) is 3.76. The van der Waals surface area contributed by atoms with Crippen LogP contribution in [-0.2, 0) is 23.7 Å². The van der Waals surface area contributed by atoms with Gasteiger partial charge in [0.25, 0.3) is 6.71 Å². The normalized spacial score (nSPS) is 13.9. The van der Waals surface area contributed by atoms with Crippen molar-refractivity contribution >= 4 is 85.2 Å². The maximum atomic E-state index is 2.69. The van der Waals surface area contributed by atoms with Crippen molar-refractivity contribution in [2.75, 3.05) is 14.7 Å². The van der Waals surface area contributed by atoms with Crippen LogP contribution < -0.4 is 31.2 Å². The Bertz CT molecular complexity index is 3700. The molecule has 3 aliphatic rings. The summed E-state index contributed by atoms with van der Waals surface area (Å²) in [7, 11) is 0. The van der Waals surface area contributed by atoms with Gasteiger partial charge in [-0.05, 0) is 160 Å². The second-order valence-corrected chi connectivity index (χ2v) is 22.4. The minimum atomic E-state index is -0.132. The molecule has 5 heteroatoms. The summed E-state index contributed by atoms with van der Waals surface area (Å²) in [6.45, 7) is 13.9. The highest BCUT2D eigenvalue weighted by atomic mass is 15.2. The zero-order valence-electron chi connectivity index (χ0n) is 42.9. The van der Waals surface area contributed by atoms with E-state index in [0.717, 1.165) is 35.6 Å². The van der Waals surface area contributed by atoms with Gasteiger partial charge >= 0.3 is 0 Å². The lowest BCUT2D eigenvalue weighted by Gasteiger charge is -2.45. The number of hydrogen-bond acceptors (Lipinski definition) is 3. The van der Waals surface area contributed by atoms with Crippen molar-refractivity contribution in [2.24, 2.45) is 0 Å². The molecule has 0 saturated carbocycles. The molecule has 0 atom stereocenters. The Morgan fingerprint density at radius 3 is 1.64 bits per heavy atom. The molecule has 3 heterocycles. The molecule has 10 aromatic rings. The first-order valence-electron chi connectivity index (χ1n) is 26.4. The predicted molar refractivity (Wildman–Crippen MR) is 311 cm³/mol. The second-order valence-electron chi connectivity index (χ2n) is 22.4. The van der Waals surface area contributed by atoms with Crippen LogP contribution in [-0.4, -0.2) is 11.3 Å². The highest BCUT2D eigenvalue weighted by Gasteiger charge is 2.48. The van der Waals surface area contributed by atoms with Gasteiger partial charge in [-0.25, -0.2) is 0 Å². The zero-order chi connectivity index (χ0) is 49.6. The Morgan fingerprint density at radius 1 is 0.452 bits per heavy atom. The van der Waals surface area contributed by atoms with Crippen LogP contribution in [0.25, 0.3) is 27.6 Å². The number of hydrogen-bond donors (Lipinski definition) is 0. The van der Waals surface area contributed by atoms with Gasteiger partial charge in [0.05, 0.1) is 11.4 Å². The topological polar surface area (TPSA) is 14.7 Å².